The molecule has 0 saturated heterocycles. The minimum atomic E-state index is -3.10. The molecule has 3 nitrogen and oxygen atoms in total. The lowest BCUT2D eigenvalue weighted by molar-refractivity contribution is 0.590. The van der Waals surface area contributed by atoms with E-state index in [2.05, 4.69) is 0 Å². The number of nitrogens with two attached hydrogens (primary N) is 1. The molecule has 0 aliphatic heterocycles. The number of hydrogen-bond donors (Lipinski definition) is 1. The summed E-state index contributed by atoms with van der Waals surface area (Å²) < 4.78 is 23.8. The smallest absolute Gasteiger partial charge is 0.178 e. The molecule has 0 aromatic heterocycles. The van der Waals surface area contributed by atoms with E-state index in [4.69, 9.17) is 5.73 Å². The predicted octanol–water partition coefficient (Wildman–Crippen LogP) is 1.90. The average molecular weight is 241 g/mol. The Labute approximate surface area is 97.6 Å². The van der Waals surface area contributed by atoms with Gasteiger partial charge in [-0.3, -0.25) is 0 Å². The molecule has 0 atom stereocenters. The molecule has 0 amide bonds. The highest BCUT2D eigenvalue weighted by atomic mass is 32.2. The molecule has 0 saturated carbocycles. The lowest BCUT2D eigenvalue weighted by Crippen LogP contribution is -2.08. The monoisotopic (exact) mass is 241 g/mol. The van der Waals surface area contributed by atoms with Crippen LogP contribution in [0.25, 0.3) is 0 Å². The maximum absolute atomic E-state index is 11.9. The average Bonchev–Trinajstić information content (AvgIpc) is 2.24. The summed E-state index contributed by atoms with van der Waals surface area (Å²) in [6.07, 6.45) is 2.46. The van der Waals surface area contributed by atoms with Gasteiger partial charge in [0.05, 0.1) is 10.6 Å². The molecule has 90 valence electrons. The predicted molar refractivity (Wildman–Crippen MR) is 66.1 cm³/mol. The fourth-order valence-corrected chi connectivity index (χ4v) is 3.01. The Kier molecular flexibility index (Phi) is 4.96. The van der Waals surface area contributed by atoms with Crippen LogP contribution < -0.4 is 5.73 Å². The summed E-state index contributed by atoms with van der Waals surface area (Å²) in [6, 6.07) is 7.05. The van der Waals surface area contributed by atoms with Crippen molar-refractivity contribution in [3.8, 4) is 0 Å². The highest BCUT2D eigenvalue weighted by molar-refractivity contribution is 7.91. The van der Waals surface area contributed by atoms with E-state index in [0.29, 0.717) is 17.9 Å². The van der Waals surface area contributed by atoms with Gasteiger partial charge in [-0.25, -0.2) is 8.42 Å². The van der Waals surface area contributed by atoms with Crippen molar-refractivity contribution in [2.45, 2.75) is 31.1 Å². The Bertz CT molecular complexity index is 426. The molecule has 0 aliphatic rings. The summed E-state index contributed by atoms with van der Waals surface area (Å²) in [5.74, 6) is 0.219. The van der Waals surface area contributed by atoms with E-state index in [1.165, 1.54) is 0 Å². The van der Waals surface area contributed by atoms with E-state index in [1.54, 1.807) is 18.2 Å². The van der Waals surface area contributed by atoms with E-state index in [-0.39, 0.29) is 5.75 Å². The van der Waals surface area contributed by atoms with Crippen LogP contribution >= 0.6 is 0 Å². The van der Waals surface area contributed by atoms with Crippen LogP contribution in [-0.2, 0) is 9.84 Å². The molecule has 1 aromatic carbocycles. The summed E-state index contributed by atoms with van der Waals surface area (Å²) in [7, 11) is -3.10. The Morgan fingerprint density at radius 3 is 2.56 bits per heavy atom. The number of benzene rings is 1. The maximum Gasteiger partial charge on any atom is 0.178 e. The summed E-state index contributed by atoms with van der Waals surface area (Å²) in [4.78, 5) is 0.431. The first kappa shape index (κ1) is 13.2. The summed E-state index contributed by atoms with van der Waals surface area (Å²) in [5.41, 5.74) is 6.33. The Hall–Kier alpha value is -0.870. The second kappa shape index (κ2) is 6.01. The molecule has 0 heterocycles. The number of unbranched alkanes of at least 4 members (excludes halogenated alkanes) is 2. The van der Waals surface area contributed by atoms with Crippen LogP contribution in [0.2, 0.25) is 0 Å². The quantitative estimate of drug-likeness (QED) is 0.774. The number of aryl methyl sites for hydroxylation is 1. The molecule has 0 radical (unpaired) electrons. The SMILES string of the molecule is Cc1cccc(S(=O)(=O)CCCCCN)c1. The van der Waals surface area contributed by atoms with Gasteiger partial charge in [-0.15, -0.1) is 0 Å². The van der Waals surface area contributed by atoms with Crippen LogP contribution in [0.5, 0.6) is 0 Å². The second-order valence-electron chi connectivity index (χ2n) is 3.98. The van der Waals surface area contributed by atoms with Crippen molar-refractivity contribution in [1.29, 1.82) is 0 Å². The molecule has 0 spiro atoms. The second-order valence-corrected chi connectivity index (χ2v) is 6.09. The van der Waals surface area contributed by atoms with E-state index in [1.807, 2.05) is 13.0 Å². The maximum atomic E-state index is 11.9. The van der Waals surface area contributed by atoms with Crippen molar-refractivity contribution in [2.75, 3.05) is 12.3 Å². The molecule has 0 fully saturated rings. The highest BCUT2D eigenvalue weighted by Gasteiger charge is 2.13. The number of sulfone groups is 1. The van der Waals surface area contributed by atoms with E-state index >= 15 is 0 Å². The minimum absolute atomic E-state index is 0.219. The summed E-state index contributed by atoms with van der Waals surface area (Å²) >= 11 is 0. The van der Waals surface area contributed by atoms with Crippen LogP contribution in [-0.4, -0.2) is 20.7 Å². The van der Waals surface area contributed by atoms with Gasteiger partial charge in [0.25, 0.3) is 0 Å². The third-order valence-electron chi connectivity index (χ3n) is 2.47. The van der Waals surface area contributed by atoms with E-state index in [9.17, 15) is 8.42 Å². The van der Waals surface area contributed by atoms with Gasteiger partial charge in [-0.05, 0) is 44.0 Å². The number of hydrogen-bond acceptors (Lipinski definition) is 3. The normalized spacial score (nSPS) is 11.6. The van der Waals surface area contributed by atoms with E-state index < -0.39 is 9.84 Å². The van der Waals surface area contributed by atoms with Gasteiger partial charge in [0.1, 0.15) is 0 Å². The zero-order valence-electron chi connectivity index (χ0n) is 9.65. The molecule has 1 aromatic rings. The summed E-state index contributed by atoms with van der Waals surface area (Å²) in [6.45, 7) is 2.53. The van der Waals surface area contributed by atoms with Crippen LogP contribution in [0.4, 0.5) is 0 Å². The third-order valence-corrected chi connectivity index (χ3v) is 4.26. The van der Waals surface area contributed by atoms with Gasteiger partial charge in [-0.1, -0.05) is 18.6 Å². The lowest BCUT2D eigenvalue weighted by Gasteiger charge is -2.04. The molecule has 0 unspecified atom stereocenters. The molecular weight excluding hydrogens is 222 g/mol. The third kappa shape index (κ3) is 3.94. The minimum Gasteiger partial charge on any atom is -0.330 e. The molecule has 1 rings (SSSR count). The van der Waals surface area contributed by atoms with Gasteiger partial charge in [0, 0.05) is 0 Å². The first-order chi connectivity index (χ1) is 7.56. The Morgan fingerprint density at radius 1 is 1.19 bits per heavy atom. The van der Waals surface area contributed by atoms with Crippen molar-refractivity contribution in [2.24, 2.45) is 5.73 Å². The van der Waals surface area contributed by atoms with Crippen LogP contribution in [0, 0.1) is 6.92 Å². The fraction of sp³-hybridized carbons (Fsp3) is 0.500. The van der Waals surface area contributed by atoms with Crippen molar-refractivity contribution in [3.05, 3.63) is 29.8 Å². The van der Waals surface area contributed by atoms with Gasteiger partial charge >= 0.3 is 0 Å². The standard InChI is InChI=1S/C12H19NO2S/c1-11-6-5-7-12(10-11)16(14,15)9-4-2-3-8-13/h5-7,10H,2-4,8-9,13H2,1H3. The Balaban J connectivity index is 2.64. The molecule has 2 N–H and O–H groups in total. The molecule has 0 bridgehead atoms. The van der Waals surface area contributed by atoms with Crippen LogP contribution in [0.1, 0.15) is 24.8 Å². The van der Waals surface area contributed by atoms with Gasteiger partial charge in [0.2, 0.25) is 0 Å². The van der Waals surface area contributed by atoms with Gasteiger partial charge in [-0.2, -0.15) is 0 Å². The van der Waals surface area contributed by atoms with Crippen molar-refractivity contribution in [1.82, 2.24) is 0 Å². The van der Waals surface area contributed by atoms with Gasteiger partial charge in [0.15, 0.2) is 9.84 Å². The fourth-order valence-electron chi connectivity index (χ4n) is 1.54. The van der Waals surface area contributed by atoms with Crippen molar-refractivity contribution in [3.63, 3.8) is 0 Å². The highest BCUT2D eigenvalue weighted by Crippen LogP contribution is 2.14. The molecule has 16 heavy (non-hydrogen) atoms. The lowest BCUT2D eigenvalue weighted by atomic mass is 10.2. The Morgan fingerprint density at radius 2 is 1.94 bits per heavy atom. The zero-order valence-corrected chi connectivity index (χ0v) is 10.5. The number of rotatable bonds is 6. The van der Waals surface area contributed by atoms with Crippen molar-refractivity contribution >= 4 is 9.84 Å². The topological polar surface area (TPSA) is 60.2 Å². The van der Waals surface area contributed by atoms with Crippen LogP contribution in [0.3, 0.4) is 0 Å². The first-order valence-electron chi connectivity index (χ1n) is 5.56. The van der Waals surface area contributed by atoms with Gasteiger partial charge < -0.3 is 5.73 Å². The first-order valence-corrected chi connectivity index (χ1v) is 7.21. The largest absolute Gasteiger partial charge is 0.330 e. The molecule has 4 heteroatoms. The van der Waals surface area contributed by atoms with Crippen LogP contribution in [0.15, 0.2) is 29.2 Å². The van der Waals surface area contributed by atoms with Crippen molar-refractivity contribution < 1.29 is 8.42 Å². The molecule has 0 aliphatic carbocycles. The van der Waals surface area contributed by atoms with E-state index in [0.717, 1.165) is 18.4 Å². The zero-order chi connectivity index (χ0) is 12.0. The summed E-state index contributed by atoms with van der Waals surface area (Å²) in [5, 5.41) is 0. The molecular formula is C12H19NO2S.